The van der Waals surface area contributed by atoms with Crippen molar-refractivity contribution >= 4 is 40.7 Å². The highest BCUT2D eigenvalue weighted by molar-refractivity contribution is 6.43. The van der Waals surface area contributed by atoms with Gasteiger partial charge in [-0.3, -0.25) is 19.4 Å². The first-order chi connectivity index (χ1) is 17.7. The van der Waals surface area contributed by atoms with Gasteiger partial charge in [-0.15, -0.1) is 5.73 Å². The van der Waals surface area contributed by atoms with Gasteiger partial charge >= 0.3 is 0 Å². The van der Waals surface area contributed by atoms with E-state index in [2.05, 4.69) is 22.5 Å². The molecule has 1 aromatic rings. The third kappa shape index (κ3) is 12.3. The van der Waals surface area contributed by atoms with Crippen LogP contribution in [0.3, 0.4) is 0 Å². The van der Waals surface area contributed by atoms with Gasteiger partial charge in [0.1, 0.15) is 0 Å². The van der Waals surface area contributed by atoms with Gasteiger partial charge in [-0.2, -0.15) is 0 Å². The summed E-state index contributed by atoms with van der Waals surface area (Å²) in [4.78, 5) is 30.2. The second-order valence-electron chi connectivity index (χ2n) is 8.13. The summed E-state index contributed by atoms with van der Waals surface area (Å²) in [7, 11) is 0. The minimum absolute atomic E-state index is 0.0466. The first-order valence-corrected chi connectivity index (χ1v) is 14.0. The molecular formula is C29H45Cl2N3O3. The monoisotopic (exact) mass is 553 g/mol. The molecular weight excluding hydrogens is 509 g/mol. The number of piperazine rings is 1. The van der Waals surface area contributed by atoms with Crippen LogP contribution in [0.1, 0.15) is 61.3 Å². The minimum atomic E-state index is -0.841. The molecule has 1 heterocycles. The Morgan fingerprint density at radius 1 is 1.11 bits per heavy atom. The summed E-state index contributed by atoms with van der Waals surface area (Å²) in [6.45, 7) is 16.3. The second kappa shape index (κ2) is 20.0. The van der Waals surface area contributed by atoms with E-state index >= 15 is 0 Å². The Morgan fingerprint density at radius 2 is 1.73 bits per heavy atom. The molecule has 1 aromatic carbocycles. The predicted octanol–water partition coefficient (Wildman–Crippen LogP) is 6.36. The molecule has 0 aliphatic carbocycles. The van der Waals surface area contributed by atoms with Crippen molar-refractivity contribution in [1.29, 1.82) is 0 Å². The molecule has 1 saturated heterocycles. The fourth-order valence-electron chi connectivity index (χ4n) is 3.58. The summed E-state index contributed by atoms with van der Waals surface area (Å²) >= 11 is 12.5. The number of allylic oxidation sites excluding steroid dienone is 2. The summed E-state index contributed by atoms with van der Waals surface area (Å²) in [6.07, 6.45) is 6.32. The SMILES string of the molecule is CC.CC.CCCC=C=C/C=C(\C)C(=O)N(CC(O)CN1CCN(c2cccc(Cl)c2Cl)CC1)C(C)=O. The number of halogens is 2. The number of unbranched alkanes of at least 4 members (excludes halogenated alkanes) is 1. The van der Waals surface area contributed by atoms with Crippen LogP contribution in [-0.2, 0) is 9.59 Å². The van der Waals surface area contributed by atoms with Crippen molar-refractivity contribution in [3.8, 4) is 0 Å². The van der Waals surface area contributed by atoms with E-state index in [1.807, 2.05) is 45.9 Å². The highest BCUT2D eigenvalue weighted by Crippen LogP contribution is 2.32. The van der Waals surface area contributed by atoms with E-state index in [4.69, 9.17) is 23.2 Å². The van der Waals surface area contributed by atoms with E-state index in [9.17, 15) is 14.7 Å². The fraction of sp³-hybridized carbons (Fsp3) is 0.552. The van der Waals surface area contributed by atoms with Crippen LogP contribution >= 0.6 is 23.2 Å². The van der Waals surface area contributed by atoms with Gasteiger partial charge in [-0.1, -0.05) is 70.3 Å². The number of anilines is 1. The number of carbonyl (C=O) groups excluding carboxylic acids is 2. The number of imide groups is 1. The molecule has 1 atom stereocenters. The molecule has 1 aliphatic rings. The lowest BCUT2D eigenvalue weighted by atomic mass is 10.2. The lowest BCUT2D eigenvalue weighted by Gasteiger charge is -2.37. The molecule has 37 heavy (non-hydrogen) atoms. The van der Waals surface area contributed by atoms with Crippen LogP contribution in [0.4, 0.5) is 5.69 Å². The van der Waals surface area contributed by atoms with Crippen LogP contribution in [-0.4, -0.2) is 72.1 Å². The van der Waals surface area contributed by atoms with Crippen molar-refractivity contribution in [3.63, 3.8) is 0 Å². The van der Waals surface area contributed by atoms with E-state index in [0.717, 1.165) is 49.6 Å². The Hall–Kier alpha value is -2.08. The summed E-state index contributed by atoms with van der Waals surface area (Å²) in [6, 6.07) is 5.58. The fourth-order valence-corrected chi connectivity index (χ4v) is 4.00. The number of β-amino-alcohol motifs (C(OH)–C–C–N with tert-alkyl or cyclic N) is 1. The maximum atomic E-state index is 12.7. The molecule has 2 rings (SSSR count). The smallest absolute Gasteiger partial charge is 0.256 e. The van der Waals surface area contributed by atoms with Crippen molar-refractivity contribution in [2.75, 3.05) is 44.2 Å². The Labute approximate surface area is 234 Å². The molecule has 0 bridgehead atoms. The first kappa shape index (κ1) is 34.9. The normalized spacial score (nSPS) is 14.2. The van der Waals surface area contributed by atoms with Crippen LogP contribution in [0, 0.1) is 0 Å². The number of nitrogens with zero attached hydrogens (tertiary/aromatic N) is 3. The molecule has 6 nitrogen and oxygen atoms in total. The number of aliphatic hydroxyl groups is 1. The molecule has 0 spiro atoms. The van der Waals surface area contributed by atoms with Crippen molar-refractivity contribution in [1.82, 2.24) is 9.80 Å². The van der Waals surface area contributed by atoms with E-state index in [0.29, 0.717) is 22.2 Å². The van der Waals surface area contributed by atoms with Gasteiger partial charge in [-0.25, -0.2) is 0 Å². The summed E-state index contributed by atoms with van der Waals surface area (Å²) in [5.41, 5.74) is 4.32. The highest BCUT2D eigenvalue weighted by atomic mass is 35.5. The maximum Gasteiger partial charge on any atom is 0.256 e. The standard InChI is InChI=1S/C25H33Cl2N3O3.2C2H6/c1-4-5-6-7-8-10-19(2)25(33)30(20(3)31)18-21(32)17-28-13-15-29(16-14-28)23-12-9-11-22(26)24(23)27;2*1-2/h6,8-12,21,32H,4-5,13-18H2,1-3H3;2*1-2H3/b19-10+;;. The third-order valence-electron chi connectivity index (χ3n) is 5.45. The molecule has 208 valence electrons. The Bertz CT molecular complexity index is 919. The van der Waals surface area contributed by atoms with Crippen molar-refractivity contribution in [3.05, 3.63) is 57.8 Å². The van der Waals surface area contributed by atoms with Crippen molar-refractivity contribution in [2.24, 2.45) is 0 Å². The summed E-state index contributed by atoms with van der Waals surface area (Å²) in [5.74, 6) is -0.798. The number of amides is 2. The van der Waals surface area contributed by atoms with Gasteiger partial charge in [-0.05, 0) is 43.7 Å². The van der Waals surface area contributed by atoms with Gasteiger partial charge in [0, 0.05) is 45.2 Å². The predicted molar refractivity (Wildman–Crippen MR) is 158 cm³/mol. The van der Waals surface area contributed by atoms with Gasteiger partial charge in [0.25, 0.3) is 5.91 Å². The average Bonchev–Trinajstić information content (AvgIpc) is 2.91. The number of aliphatic hydroxyl groups excluding tert-OH is 1. The van der Waals surface area contributed by atoms with Gasteiger partial charge in [0.15, 0.2) is 0 Å². The maximum absolute atomic E-state index is 12.7. The zero-order valence-electron chi connectivity index (χ0n) is 23.6. The van der Waals surface area contributed by atoms with Gasteiger partial charge in [0.05, 0.1) is 28.4 Å². The van der Waals surface area contributed by atoms with Crippen molar-refractivity contribution < 1.29 is 14.7 Å². The zero-order valence-corrected chi connectivity index (χ0v) is 25.1. The molecule has 2 amide bonds. The second-order valence-corrected chi connectivity index (χ2v) is 8.91. The summed E-state index contributed by atoms with van der Waals surface area (Å²) in [5, 5.41) is 11.7. The van der Waals surface area contributed by atoms with E-state index in [-0.39, 0.29) is 6.54 Å². The molecule has 1 N–H and O–H groups in total. The van der Waals surface area contributed by atoms with Crippen LogP contribution < -0.4 is 4.90 Å². The Kier molecular flexibility index (Phi) is 18.8. The Morgan fingerprint density at radius 3 is 2.30 bits per heavy atom. The molecule has 8 heteroatoms. The zero-order chi connectivity index (χ0) is 28.4. The topological polar surface area (TPSA) is 64.1 Å². The molecule has 1 unspecified atom stereocenters. The minimum Gasteiger partial charge on any atom is -0.390 e. The number of carbonyl (C=O) groups is 2. The molecule has 0 aromatic heterocycles. The molecule has 0 saturated carbocycles. The number of rotatable bonds is 9. The molecule has 0 radical (unpaired) electrons. The summed E-state index contributed by atoms with van der Waals surface area (Å²) < 4.78 is 0. The quantitative estimate of drug-likeness (QED) is 0.219. The number of hydrogen-bond acceptors (Lipinski definition) is 5. The highest BCUT2D eigenvalue weighted by Gasteiger charge is 2.25. The van der Waals surface area contributed by atoms with Crippen LogP contribution in [0.15, 0.2) is 47.7 Å². The lowest BCUT2D eigenvalue weighted by molar-refractivity contribution is -0.142. The largest absolute Gasteiger partial charge is 0.390 e. The van der Waals surface area contributed by atoms with Crippen molar-refractivity contribution in [2.45, 2.75) is 67.4 Å². The lowest BCUT2D eigenvalue weighted by Crippen LogP contribution is -2.51. The third-order valence-corrected chi connectivity index (χ3v) is 6.26. The van der Waals surface area contributed by atoms with Gasteiger partial charge < -0.3 is 10.0 Å². The first-order valence-electron chi connectivity index (χ1n) is 13.2. The molecule has 1 aliphatic heterocycles. The number of hydrogen-bond donors (Lipinski definition) is 1. The van der Waals surface area contributed by atoms with Gasteiger partial charge in [0.2, 0.25) is 5.91 Å². The average molecular weight is 555 g/mol. The number of benzene rings is 1. The molecule has 1 fully saturated rings. The van der Waals surface area contributed by atoms with Crippen LogP contribution in [0.2, 0.25) is 10.0 Å². The van der Waals surface area contributed by atoms with Crippen LogP contribution in [0.5, 0.6) is 0 Å². The van der Waals surface area contributed by atoms with E-state index in [1.165, 1.54) is 6.92 Å². The van der Waals surface area contributed by atoms with Crippen LogP contribution in [0.25, 0.3) is 0 Å². The van der Waals surface area contributed by atoms with E-state index in [1.54, 1.807) is 25.1 Å². The van der Waals surface area contributed by atoms with E-state index < -0.39 is 17.9 Å². The Balaban J connectivity index is 0.00000308.